The van der Waals surface area contributed by atoms with Gasteiger partial charge in [-0.25, -0.2) is 0 Å². The molecule has 1 fully saturated rings. The molecule has 1 saturated heterocycles. The van der Waals surface area contributed by atoms with E-state index in [0.717, 1.165) is 13.0 Å². The smallest absolute Gasteiger partial charge is 0.0825 e. The Bertz CT molecular complexity index is 145. The molecule has 3 heteroatoms. The molecule has 12 heavy (non-hydrogen) atoms. The van der Waals surface area contributed by atoms with Crippen molar-refractivity contribution in [1.29, 1.82) is 0 Å². The van der Waals surface area contributed by atoms with E-state index in [2.05, 4.69) is 13.8 Å². The molecule has 0 saturated carbocycles. The average Bonchev–Trinajstić information content (AvgIpc) is 2.51. The van der Waals surface area contributed by atoms with Gasteiger partial charge in [-0.3, -0.25) is 0 Å². The Hall–Kier alpha value is -0.120. The van der Waals surface area contributed by atoms with Gasteiger partial charge in [0.15, 0.2) is 0 Å². The van der Waals surface area contributed by atoms with E-state index < -0.39 is 0 Å². The summed E-state index contributed by atoms with van der Waals surface area (Å²) in [6.07, 6.45) is 1.33. The molecule has 0 aromatic carbocycles. The van der Waals surface area contributed by atoms with Crippen LogP contribution in [0.25, 0.3) is 0 Å². The highest BCUT2D eigenvalue weighted by atomic mass is 16.5. The maximum atomic E-state index is 5.68. The Morgan fingerprint density at radius 3 is 2.67 bits per heavy atom. The molecule has 0 bridgehead atoms. The largest absolute Gasteiger partial charge is 0.378 e. The van der Waals surface area contributed by atoms with Crippen molar-refractivity contribution >= 4 is 0 Å². The summed E-state index contributed by atoms with van der Waals surface area (Å²) >= 11 is 0. The molecule has 0 spiro atoms. The topological polar surface area (TPSA) is 44.5 Å². The van der Waals surface area contributed by atoms with Crippen LogP contribution in [0.4, 0.5) is 0 Å². The Kier molecular flexibility index (Phi) is 3.09. The molecule has 3 atom stereocenters. The number of methoxy groups -OCH3 is 1. The van der Waals surface area contributed by atoms with Crippen molar-refractivity contribution in [2.24, 2.45) is 11.7 Å². The third-order valence-corrected chi connectivity index (χ3v) is 3.03. The van der Waals surface area contributed by atoms with Gasteiger partial charge in [0.1, 0.15) is 0 Å². The van der Waals surface area contributed by atoms with Crippen LogP contribution >= 0.6 is 0 Å². The average molecular weight is 173 g/mol. The van der Waals surface area contributed by atoms with Gasteiger partial charge < -0.3 is 15.2 Å². The van der Waals surface area contributed by atoms with Crippen LogP contribution in [0.5, 0.6) is 0 Å². The van der Waals surface area contributed by atoms with Gasteiger partial charge in [-0.1, -0.05) is 0 Å². The highest BCUT2D eigenvalue weighted by molar-refractivity contribution is 4.90. The summed E-state index contributed by atoms with van der Waals surface area (Å²) in [5.74, 6) is 0.437. The molecule has 1 aliphatic rings. The van der Waals surface area contributed by atoms with Crippen molar-refractivity contribution < 1.29 is 9.47 Å². The minimum absolute atomic E-state index is 0.212. The first-order valence-electron chi connectivity index (χ1n) is 4.51. The van der Waals surface area contributed by atoms with Crippen molar-refractivity contribution in [2.45, 2.75) is 32.0 Å². The number of hydrogen-bond acceptors (Lipinski definition) is 3. The van der Waals surface area contributed by atoms with Crippen LogP contribution < -0.4 is 5.73 Å². The monoisotopic (exact) mass is 173 g/mol. The Morgan fingerprint density at radius 2 is 2.33 bits per heavy atom. The van der Waals surface area contributed by atoms with Crippen molar-refractivity contribution in [1.82, 2.24) is 0 Å². The number of nitrogens with two attached hydrogens (primary N) is 1. The van der Waals surface area contributed by atoms with E-state index in [1.807, 2.05) is 0 Å². The summed E-state index contributed by atoms with van der Waals surface area (Å²) in [6.45, 7) is 5.54. The van der Waals surface area contributed by atoms with Crippen molar-refractivity contribution in [3.63, 3.8) is 0 Å². The first-order valence-corrected chi connectivity index (χ1v) is 4.51. The summed E-state index contributed by atoms with van der Waals surface area (Å²) in [5, 5.41) is 0. The maximum absolute atomic E-state index is 5.68. The Labute approximate surface area is 74.2 Å². The maximum Gasteiger partial charge on any atom is 0.0825 e. The lowest BCUT2D eigenvalue weighted by molar-refractivity contribution is -0.0568. The fourth-order valence-electron chi connectivity index (χ4n) is 1.92. The third-order valence-electron chi connectivity index (χ3n) is 3.03. The zero-order valence-corrected chi connectivity index (χ0v) is 8.17. The van der Waals surface area contributed by atoms with E-state index in [9.17, 15) is 0 Å². The van der Waals surface area contributed by atoms with E-state index in [4.69, 9.17) is 15.2 Å². The van der Waals surface area contributed by atoms with Crippen LogP contribution in [0.2, 0.25) is 0 Å². The van der Waals surface area contributed by atoms with Gasteiger partial charge >= 0.3 is 0 Å². The second kappa shape index (κ2) is 3.73. The Balaban J connectivity index is 2.64. The predicted molar refractivity (Wildman–Crippen MR) is 48.0 cm³/mol. The molecule has 1 rings (SSSR count). The molecule has 0 aliphatic carbocycles. The van der Waals surface area contributed by atoms with Gasteiger partial charge in [0, 0.05) is 26.2 Å². The molecule has 0 aromatic rings. The van der Waals surface area contributed by atoms with Gasteiger partial charge in [0.2, 0.25) is 0 Å². The summed E-state index contributed by atoms with van der Waals surface area (Å²) < 4.78 is 10.9. The summed E-state index contributed by atoms with van der Waals surface area (Å²) in [4.78, 5) is 0. The van der Waals surface area contributed by atoms with Crippen molar-refractivity contribution in [3.05, 3.63) is 0 Å². The lowest BCUT2D eigenvalue weighted by atomic mass is 9.84. The molecule has 1 aliphatic heterocycles. The first kappa shape index (κ1) is 9.96. The van der Waals surface area contributed by atoms with Gasteiger partial charge in [-0.2, -0.15) is 0 Å². The minimum atomic E-state index is -0.212. The van der Waals surface area contributed by atoms with Gasteiger partial charge in [-0.15, -0.1) is 0 Å². The van der Waals surface area contributed by atoms with Crippen LogP contribution in [0.1, 0.15) is 20.3 Å². The van der Waals surface area contributed by atoms with E-state index in [1.54, 1.807) is 7.11 Å². The molecule has 0 amide bonds. The summed E-state index contributed by atoms with van der Waals surface area (Å²) in [7, 11) is 1.72. The van der Waals surface area contributed by atoms with Crippen LogP contribution in [0.15, 0.2) is 0 Å². The molecule has 1 heterocycles. The van der Waals surface area contributed by atoms with Crippen LogP contribution in [0.3, 0.4) is 0 Å². The zero-order valence-electron chi connectivity index (χ0n) is 8.17. The van der Waals surface area contributed by atoms with Crippen LogP contribution in [-0.4, -0.2) is 32.0 Å². The van der Waals surface area contributed by atoms with E-state index in [0.29, 0.717) is 12.5 Å². The summed E-state index contributed by atoms with van der Waals surface area (Å²) in [6, 6.07) is 0. The fraction of sp³-hybridized carbons (Fsp3) is 1.00. The van der Waals surface area contributed by atoms with Crippen LogP contribution in [0, 0.1) is 5.92 Å². The first-order chi connectivity index (χ1) is 5.64. The molecular formula is C9H19NO2. The highest BCUT2D eigenvalue weighted by Crippen LogP contribution is 2.32. The van der Waals surface area contributed by atoms with E-state index in [1.165, 1.54) is 0 Å². The standard InChI is InChI=1S/C9H19NO2/c1-7-8(4-5-12-7)9(2,6-10)11-3/h7-8H,4-6,10H2,1-3H3. The van der Waals surface area contributed by atoms with Crippen molar-refractivity contribution in [3.8, 4) is 0 Å². The van der Waals surface area contributed by atoms with Gasteiger partial charge in [-0.05, 0) is 20.3 Å². The predicted octanol–water partition coefficient (Wildman–Crippen LogP) is 0.775. The lowest BCUT2D eigenvalue weighted by Gasteiger charge is -2.34. The van der Waals surface area contributed by atoms with Crippen molar-refractivity contribution in [2.75, 3.05) is 20.3 Å². The number of rotatable bonds is 3. The molecule has 0 aromatic heterocycles. The molecule has 3 nitrogen and oxygen atoms in total. The minimum Gasteiger partial charge on any atom is -0.378 e. The molecule has 0 radical (unpaired) electrons. The number of ether oxygens (including phenoxy) is 2. The van der Waals surface area contributed by atoms with Crippen LogP contribution in [-0.2, 0) is 9.47 Å². The normalized spacial score (nSPS) is 35.0. The molecule has 2 N–H and O–H groups in total. The fourth-order valence-corrected chi connectivity index (χ4v) is 1.92. The quantitative estimate of drug-likeness (QED) is 0.685. The molecular weight excluding hydrogens is 154 g/mol. The highest BCUT2D eigenvalue weighted by Gasteiger charge is 2.40. The molecule has 72 valence electrons. The lowest BCUT2D eigenvalue weighted by Crippen LogP contribution is -2.46. The third kappa shape index (κ3) is 1.63. The Morgan fingerprint density at radius 1 is 1.67 bits per heavy atom. The van der Waals surface area contributed by atoms with Gasteiger partial charge in [0.25, 0.3) is 0 Å². The zero-order chi connectivity index (χ0) is 9.19. The number of hydrogen-bond donors (Lipinski definition) is 1. The summed E-state index contributed by atoms with van der Waals surface area (Å²) in [5.41, 5.74) is 5.47. The second-order valence-electron chi connectivity index (χ2n) is 3.69. The molecule has 3 unspecified atom stereocenters. The van der Waals surface area contributed by atoms with E-state index in [-0.39, 0.29) is 11.7 Å². The SMILES string of the molecule is COC(C)(CN)C1CCOC1C. The second-order valence-corrected chi connectivity index (χ2v) is 3.69. The van der Waals surface area contributed by atoms with E-state index >= 15 is 0 Å². The van der Waals surface area contributed by atoms with Gasteiger partial charge in [0.05, 0.1) is 11.7 Å².